The highest BCUT2D eigenvalue weighted by Crippen LogP contribution is 2.32. The second-order valence-corrected chi connectivity index (χ2v) is 7.29. The Morgan fingerprint density at radius 2 is 1.93 bits per heavy atom. The summed E-state index contributed by atoms with van der Waals surface area (Å²) in [7, 11) is 1.70. The molecule has 1 aromatic heterocycles. The fourth-order valence-electron chi connectivity index (χ4n) is 4.08. The lowest BCUT2D eigenvalue weighted by Crippen LogP contribution is -2.55. The van der Waals surface area contributed by atoms with Crippen molar-refractivity contribution >= 4 is 22.3 Å². The number of benzene rings is 2. The number of fused-ring (bicyclic) bond motifs is 1. The van der Waals surface area contributed by atoms with Crippen LogP contribution in [0.4, 0.5) is 11.5 Å². The van der Waals surface area contributed by atoms with E-state index in [1.165, 1.54) is 11.6 Å². The molecule has 1 saturated heterocycles. The van der Waals surface area contributed by atoms with E-state index >= 15 is 0 Å². The van der Waals surface area contributed by atoms with E-state index in [-0.39, 0.29) is 16.7 Å². The maximum atomic E-state index is 11.4. The van der Waals surface area contributed by atoms with Crippen molar-refractivity contribution in [1.82, 2.24) is 9.88 Å². The number of nitro groups is 1. The first-order chi connectivity index (χ1) is 14.2. The van der Waals surface area contributed by atoms with E-state index < -0.39 is 0 Å². The number of non-ortho nitro benzene ring substituents is 1. The van der Waals surface area contributed by atoms with Crippen LogP contribution >= 0.6 is 0 Å². The highest BCUT2D eigenvalue weighted by molar-refractivity contribution is 5.98. The molecule has 1 aliphatic heterocycles. The molecule has 0 N–H and O–H groups in total. The monoisotopic (exact) mass is 392 g/mol. The van der Waals surface area contributed by atoms with E-state index in [4.69, 9.17) is 4.74 Å². The first kappa shape index (κ1) is 19.3. The molecule has 1 aliphatic rings. The predicted molar refractivity (Wildman–Crippen MR) is 113 cm³/mol. The van der Waals surface area contributed by atoms with Gasteiger partial charge in [-0.25, -0.2) is 4.98 Å². The fraction of sp³-hybridized carbons (Fsp3) is 0.318. The Labute approximate surface area is 169 Å². The highest BCUT2D eigenvalue weighted by atomic mass is 16.6. The molecule has 0 spiro atoms. The number of nitro benzene ring substituents is 1. The fourth-order valence-corrected chi connectivity index (χ4v) is 4.08. The van der Waals surface area contributed by atoms with E-state index in [2.05, 4.69) is 39.0 Å². The Morgan fingerprint density at radius 3 is 2.69 bits per heavy atom. The molecular formula is C22H24N4O3. The average molecular weight is 392 g/mol. The van der Waals surface area contributed by atoms with E-state index in [0.717, 1.165) is 37.4 Å². The van der Waals surface area contributed by atoms with Crippen LogP contribution in [0.1, 0.15) is 5.56 Å². The van der Waals surface area contributed by atoms with E-state index in [1.54, 1.807) is 25.4 Å². The highest BCUT2D eigenvalue weighted by Gasteiger charge is 2.29. The number of ether oxygens (including phenoxy) is 1. The molecule has 4 rings (SSSR count). The van der Waals surface area contributed by atoms with Crippen LogP contribution in [0.25, 0.3) is 10.8 Å². The molecule has 0 radical (unpaired) electrons. The molecule has 7 heteroatoms. The summed E-state index contributed by atoms with van der Waals surface area (Å²) in [5.41, 5.74) is 1.40. The minimum Gasteiger partial charge on any atom is -0.383 e. The van der Waals surface area contributed by atoms with Gasteiger partial charge in [0.25, 0.3) is 5.69 Å². The van der Waals surface area contributed by atoms with Crippen molar-refractivity contribution in [3.8, 4) is 0 Å². The molecule has 2 aromatic carbocycles. The van der Waals surface area contributed by atoms with Crippen molar-refractivity contribution in [2.45, 2.75) is 12.6 Å². The van der Waals surface area contributed by atoms with E-state index in [9.17, 15) is 10.1 Å². The second kappa shape index (κ2) is 8.55. The zero-order valence-corrected chi connectivity index (χ0v) is 16.4. The van der Waals surface area contributed by atoms with Crippen LogP contribution in [-0.2, 0) is 11.3 Å². The summed E-state index contributed by atoms with van der Waals surface area (Å²) >= 11 is 0. The second-order valence-electron chi connectivity index (χ2n) is 7.29. The third-order valence-corrected chi connectivity index (χ3v) is 5.41. The van der Waals surface area contributed by atoms with Gasteiger partial charge in [0.15, 0.2) is 0 Å². The van der Waals surface area contributed by atoms with Gasteiger partial charge in [-0.05, 0) is 11.6 Å². The van der Waals surface area contributed by atoms with Crippen LogP contribution in [0.15, 0.2) is 60.8 Å². The Hall–Kier alpha value is -3.03. The smallest absolute Gasteiger partial charge is 0.277 e. The van der Waals surface area contributed by atoms with Crippen molar-refractivity contribution in [3.05, 3.63) is 76.5 Å². The predicted octanol–water partition coefficient (Wildman–Crippen LogP) is 3.48. The summed E-state index contributed by atoms with van der Waals surface area (Å²) in [4.78, 5) is 20.3. The van der Waals surface area contributed by atoms with Gasteiger partial charge in [-0.2, -0.15) is 0 Å². The maximum absolute atomic E-state index is 11.4. The van der Waals surface area contributed by atoms with Gasteiger partial charge in [-0.15, -0.1) is 0 Å². The quantitative estimate of drug-likeness (QED) is 0.472. The van der Waals surface area contributed by atoms with Crippen molar-refractivity contribution in [2.24, 2.45) is 0 Å². The standard InChI is InChI=1S/C22H24N4O3/c1-29-16-18-15-24(14-17-6-3-2-4-7-17)12-13-25(18)22-20-8-5-9-21(26(27)28)19(20)10-11-23-22/h2-11,18H,12-16H2,1H3/t18-/m1/s1. The van der Waals surface area contributed by atoms with Crippen molar-refractivity contribution < 1.29 is 9.66 Å². The Morgan fingerprint density at radius 1 is 1.10 bits per heavy atom. The topological polar surface area (TPSA) is 71.7 Å². The number of rotatable bonds is 6. The summed E-state index contributed by atoms with van der Waals surface area (Å²) < 4.78 is 5.50. The SMILES string of the molecule is COC[C@H]1CN(Cc2ccccc2)CCN1c1nccc2c([N+](=O)[O-])cccc12. The largest absolute Gasteiger partial charge is 0.383 e. The lowest BCUT2D eigenvalue weighted by Gasteiger charge is -2.42. The average Bonchev–Trinajstić information content (AvgIpc) is 2.74. The van der Waals surface area contributed by atoms with Crippen LogP contribution in [0.3, 0.4) is 0 Å². The van der Waals surface area contributed by atoms with Crippen LogP contribution in [-0.4, -0.2) is 54.2 Å². The van der Waals surface area contributed by atoms with E-state index in [1.807, 2.05) is 12.1 Å². The summed E-state index contributed by atoms with van der Waals surface area (Å²) in [6, 6.07) is 17.4. The number of aromatic nitrogens is 1. The van der Waals surface area contributed by atoms with Crippen LogP contribution in [0, 0.1) is 10.1 Å². The zero-order chi connectivity index (χ0) is 20.2. The van der Waals surface area contributed by atoms with Crippen LogP contribution in [0.2, 0.25) is 0 Å². The summed E-state index contributed by atoms with van der Waals surface area (Å²) in [6.45, 7) is 3.98. The number of hydrogen-bond acceptors (Lipinski definition) is 6. The first-order valence-corrected chi connectivity index (χ1v) is 9.71. The maximum Gasteiger partial charge on any atom is 0.277 e. The van der Waals surface area contributed by atoms with Gasteiger partial charge in [0.2, 0.25) is 0 Å². The number of hydrogen-bond donors (Lipinski definition) is 0. The number of anilines is 1. The molecule has 0 saturated carbocycles. The van der Waals surface area contributed by atoms with Gasteiger partial charge >= 0.3 is 0 Å². The molecule has 0 aliphatic carbocycles. The number of pyridine rings is 1. The minimum atomic E-state index is -0.337. The summed E-state index contributed by atoms with van der Waals surface area (Å²) in [5, 5.41) is 12.9. The zero-order valence-electron chi connectivity index (χ0n) is 16.4. The molecule has 2 heterocycles. The first-order valence-electron chi connectivity index (χ1n) is 9.71. The minimum absolute atomic E-state index is 0.108. The molecule has 1 fully saturated rings. The van der Waals surface area contributed by atoms with Crippen molar-refractivity contribution in [2.75, 3.05) is 38.3 Å². The molecule has 150 valence electrons. The third-order valence-electron chi connectivity index (χ3n) is 5.41. The Balaban J connectivity index is 1.63. The van der Waals surface area contributed by atoms with Gasteiger partial charge in [0.05, 0.1) is 23.0 Å². The Bertz CT molecular complexity index is 996. The molecule has 0 unspecified atom stereocenters. The third kappa shape index (κ3) is 4.06. The van der Waals surface area contributed by atoms with Crippen molar-refractivity contribution in [1.29, 1.82) is 0 Å². The lowest BCUT2D eigenvalue weighted by molar-refractivity contribution is -0.383. The molecular weight excluding hydrogens is 368 g/mol. The number of nitrogens with zero attached hydrogens (tertiary/aromatic N) is 4. The Kier molecular flexibility index (Phi) is 5.69. The molecule has 7 nitrogen and oxygen atoms in total. The molecule has 0 amide bonds. The molecule has 29 heavy (non-hydrogen) atoms. The lowest BCUT2D eigenvalue weighted by atomic mass is 10.1. The van der Waals surface area contributed by atoms with Gasteiger partial charge in [0, 0.05) is 50.9 Å². The molecule has 3 aromatic rings. The van der Waals surface area contributed by atoms with Gasteiger partial charge in [-0.3, -0.25) is 15.0 Å². The summed E-state index contributed by atoms with van der Waals surface area (Å²) in [6.07, 6.45) is 1.66. The van der Waals surface area contributed by atoms with Gasteiger partial charge in [0.1, 0.15) is 5.82 Å². The normalized spacial score (nSPS) is 17.6. The van der Waals surface area contributed by atoms with E-state index in [0.29, 0.717) is 12.0 Å². The summed E-state index contributed by atoms with van der Waals surface area (Å²) in [5.74, 6) is 0.785. The number of methoxy groups -OCH3 is 1. The number of piperazine rings is 1. The van der Waals surface area contributed by atoms with Crippen LogP contribution in [0.5, 0.6) is 0 Å². The molecule has 1 atom stereocenters. The van der Waals surface area contributed by atoms with Crippen molar-refractivity contribution in [3.63, 3.8) is 0 Å². The van der Waals surface area contributed by atoms with Crippen LogP contribution < -0.4 is 4.90 Å². The van der Waals surface area contributed by atoms with Gasteiger partial charge in [-0.1, -0.05) is 42.5 Å². The van der Waals surface area contributed by atoms with Gasteiger partial charge < -0.3 is 9.64 Å². The molecule has 0 bridgehead atoms.